The van der Waals surface area contributed by atoms with Crippen LogP contribution < -0.4 is 0 Å². The number of aromatic hydroxyl groups is 2. The normalized spacial score (nSPS) is 10.7. The largest absolute Gasteiger partial charge is 0.507 e. The number of benzene rings is 2. The van der Waals surface area contributed by atoms with Crippen molar-refractivity contribution in [3.63, 3.8) is 0 Å². The van der Waals surface area contributed by atoms with Crippen molar-refractivity contribution >= 4 is 16.3 Å². The molecule has 2 aromatic rings. The van der Waals surface area contributed by atoms with Gasteiger partial charge in [0.15, 0.2) is 0 Å². The molecule has 3 heteroatoms. The zero-order valence-corrected chi connectivity index (χ0v) is 22.4. The molecule has 0 aliphatic rings. The molecule has 0 bridgehead atoms. The maximum absolute atomic E-state index is 9.93. The Hall–Kier alpha value is -1.43. The summed E-state index contributed by atoms with van der Waals surface area (Å²) < 4.78 is 0. The molecule has 0 heterocycles. The van der Waals surface area contributed by atoms with Crippen LogP contribution in [0.25, 0.3) is 0 Å². The van der Waals surface area contributed by atoms with Crippen molar-refractivity contribution in [2.24, 2.45) is 0 Å². The van der Waals surface area contributed by atoms with E-state index in [-0.39, 0.29) is 0 Å². The number of para-hydroxylation sites is 2. The molecule has 0 aromatic heterocycles. The molecule has 29 heavy (non-hydrogen) atoms. The molecule has 0 aliphatic carbocycles. The summed E-state index contributed by atoms with van der Waals surface area (Å²) in [5.41, 5.74) is 4.19. The molecule has 0 radical (unpaired) electrons. The van der Waals surface area contributed by atoms with Crippen LogP contribution in [0.3, 0.4) is 0 Å². The van der Waals surface area contributed by atoms with Gasteiger partial charge in [0.25, 0.3) is 0 Å². The van der Waals surface area contributed by atoms with Crippen LogP contribution in [-0.4, -0.2) is 26.5 Å². The molecule has 0 amide bonds. The maximum atomic E-state index is 9.93. The Morgan fingerprint density at radius 1 is 0.586 bits per heavy atom. The van der Waals surface area contributed by atoms with Gasteiger partial charge in [-0.25, -0.2) is 0 Å². The zero-order chi connectivity index (χ0) is 22.7. The molecule has 0 aliphatic heterocycles. The lowest BCUT2D eigenvalue weighted by molar-refractivity contribution is 0.454. The van der Waals surface area contributed by atoms with Gasteiger partial charge in [0, 0.05) is 0 Å². The van der Waals surface area contributed by atoms with Gasteiger partial charge in [-0.3, -0.25) is 0 Å². The number of rotatable bonds is 4. The summed E-state index contributed by atoms with van der Waals surface area (Å²) in [6.45, 7) is 19.0. The fourth-order valence-electron chi connectivity index (χ4n) is 3.02. The van der Waals surface area contributed by atoms with Crippen molar-refractivity contribution < 1.29 is 10.2 Å². The van der Waals surface area contributed by atoms with Crippen LogP contribution in [0.5, 0.6) is 11.5 Å². The van der Waals surface area contributed by atoms with Gasteiger partial charge in [0.1, 0.15) is 11.5 Å². The lowest BCUT2D eigenvalue weighted by Gasteiger charge is -2.14. The molecular weight excluding hydrogens is 371 g/mol. The van der Waals surface area contributed by atoms with Crippen molar-refractivity contribution in [3.8, 4) is 11.5 Å². The average molecular weight is 415 g/mol. The highest BCUT2D eigenvalue weighted by molar-refractivity contribution is 6.08. The Bertz CT molecular complexity index is 605. The lowest BCUT2D eigenvalue weighted by Crippen LogP contribution is -1.94. The summed E-state index contributed by atoms with van der Waals surface area (Å²) in [4.78, 5) is 0. The Morgan fingerprint density at radius 3 is 0.897 bits per heavy atom. The van der Waals surface area contributed by atoms with Crippen LogP contribution in [0.2, 0.25) is 5.28 Å². The van der Waals surface area contributed by atoms with E-state index in [4.69, 9.17) is 0 Å². The van der Waals surface area contributed by atoms with Crippen molar-refractivity contribution in [1.29, 1.82) is 0 Å². The minimum atomic E-state index is 0.388. The molecule has 0 atom stereocenters. The van der Waals surface area contributed by atoms with Gasteiger partial charge in [-0.15, -0.1) is 5.28 Å². The van der Waals surface area contributed by atoms with E-state index in [0.29, 0.717) is 35.2 Å². The Morgan fingerprint density at radius 2 is 0.759 bits per heavy atom. The summed E-state index contributed by atoms with van der Waals surface area (Å²) >= 11 is 1.37. The highest BCUT2D eigenvalue weighted by Gasteiger charge is 2.12. The molecule has 0 saturated heterocycles. The monoisotopic (exact) mass is 414 g/mol. The number of phenols is 2. The number of phenolic OH excluding ortho intramolecular Hbond substituents is 2. The average Bonchev–Trinajstić information content (AvgIpc) is 2.62. The Kier molecular flexibility index (Phi) is 13.1. The third-order valence-corrected chi connectivity index (χ3v) is 4.68. The highest BCUT2D eigenvalue weighted by atomic mass is 27.0. The summed E-state index contributed by atoms with van der Waals surface area (Å²) in [6.07, 6.45) is 0. The summed E-state index contributed by atoms with van der Waals surface area (Å²) in [5.74, 6) is 2.51. The Balaban J connectivity index is 0.000000477. The molecule has 0 spiro atoms. The van der Waals surface area contributed by atoms with E-state index >= 15 is 0 Å². The van der Waals surface area contributed by atoms with Crippen LogP contribution in [0.1, 0.15) is 108 Å². The minimum absolute atomic E-state index is 0.388. The van der Waals surface area contributed by atoms with Crippen LogP contribution >= 0.6 is 0 Å². The van der Waals surface area contributed by atoms with E-state index in [1.54, 1.807) is 0 Å². The molecule has 2 nitrogen and oxygen atoms in total. The summed E-state index contributed by atoms with van der Waals surface area (Å²) in [5, 5.41) is 21.2. The molecule has 2 N–H and O–H groups in total. The topological polar surface area (TPSA) is 40.5 Å². The Labute approximate surface area is 187 Å². The first-order valence-electron chi connectivity index (χ1n) is 11.1. The van der Waals surface area contributed by atoms with Crippen LogP contribution in [0.15, 0.2) is 36.4 Å². The second-order valence-corrected chi connectivity index (χ2v) is 10.3. The molecule has 2 rings (SSSR count). The summed E-state index contributed by atoms with van der Waals surface area (Å²) in [6, 6.07) is 12.0. The third kappa shape index (κ3) is 8.85. The van der Waals surface area contributed by atoms with E-state index in [1.807, 2.05) is 36.4 Å². The van der Waals surface area contributed by atoms with Crippen molar-refractivity contribution in [1.82, 2.24) is 0 Å². The minimum Gasteiger partial charge on any atom is -0.507 e. The first-order valence-corrected chi connectivity index (χ1v) is 12.5. The number of hydrogen-bond acceptors (Lipinski definition) is 2. The molecule has 0 unspecified atom stereocenters. The predicted molar refractivity (Wildman–Crippen MR) is 132 cm³/mol. The van der Waals surface area contributed by atoms with Gasteiger partial charge in [-0.2, -0.15) is 0 Å². The van der Waals surface area contributed by atoms with Gasteiger partial charge in [0.05, 0.1) is 0 Å². The van der Waals surface area contributed by atoms with Gasteiger partial charge in [-0.05, 0) is 45.9 Å². The standard InChI is InChI=1S/2C12H18O.C2H5.Al.2H/c2*1-8(2)10-6-5-7-11(9(3)4)12(10)13;1-2;;;/h2*5-9,13H,1-4H3;1H2,2H3;;;. The van der Waals surface area contributed by atoms with Crippen LogP contribution in [0.4, 0.5) is 0 Å². The molecule has 162 valence electrons. The van der Waals surface area contributed by atoms with E-state index in [9.17, 15) is 10.2 Å². The predicted octanol–water partition coefficient (Wildman–Crippen LogP) is 7.34. The van der Waals surface area contributed by atoms with E-state index < -0.39 is 0 Å². The van der Waals surface area contributed by atoms with Crippen LogP contribution in [-0.2, 0) is 0 Å². The molecular formula is C26H43AlO2. The van der Waals surface area contributed by atoms with E-state index in [1.165, 1.54) is 21.6 Å². The first kappa shape index (κ1) is 27.6. The maximum Gasteiger partial charge on any atom is 0.211 e. The molecule has 0 saturated carbocycles. The second-order valence-electron chi connectivity index (χ2n) is 8.90. The van der Waals surface area contributed by atoms with E-state index in [2.05, 4.69) is 62.3 Å². The molecule has 0 fully saturated rings. The highest BCUT2D eigenvalue weighted by Crippen LogP contribution is 2.33. The fourth-order valence-corrected chi connectivity index (χ4v) is 3.02. The third-order valence-electron chi connectivity index (χ3n) is 4.68. The zero-order valence-electron chi connectivity index (χ0n) is 20.4. The van der Waals surface area contributed by atoms with Gasteiger partial charge in [0.2, 0.25) is 16.3 Å². The first-order chi connectivity index (χ1) is 13.5. The van der Waals surface area contributed by atoms with Crippen LogP contribution in [0, 0.1) is 0 Å². The molecule has 2 aromatic carbocycles. The lowest BCUT2D eigenvalue weighted by atomic mass is 9.94. The van der Waals surface area contributed by atoms with Crippen molar-refractivity contribution in [3.05, 3.63) is 58.7 Å². The van der Waals surface area contributed by atoms with E-state index in [0.717, 1.165) is 22.3 Å². The smallest absolute Gasteiger partial charge is 0.211 e. The second kappa shape index (κ2) is 13.7. The number of hydrogen-bond donors (Lipinski definition) is 2. The quantitative estimate of drug-likeness (QED) is 0.514. The van der Waals surface area contributed by atoms with Crippen molar-refractivity contribution in [2.75, 3.05) is 0 Å². The SMILES string of the molecule is CC(C)c1cccc(C(C)C)c1O.CC(C)c1cccc(C(C)C)c1O.C[CH2][AlH2]. The summed E-state index contributed by atoms with van der Waals surface area (Å²) in [7, 11) is 0. The van der Waals surface area contributed by atoms with Gasteiger partial charge >= 0.3 is 0 Å². The van der Waals surface area contributed by atoms with Gasteiger partial charge in [-0.1, -0.05) is 98.7 Å². The fraction of sp³-hybridized carbons (Fsp3) is 0.538. The van der Waals surface area contributed by atoms with Crippen molar-refractivity contribution in [2.45, 2.75) is 91.3 Å². The van der Waals surface area contributed by atoms with Gasteiger partial charge < -0.3 is 10.2 Å².